The summed E-state index contributed by atoms with van der Waals surface area (Å²) in [5, 5.41) is 0. The van der Waals surface area contributed by atoms with Gasteiger partial charge in [0.15, 0.2) is 0 Å². The van der Waals surface area contributed by atoms with Gasteiger partial charge in [-0.05, 0) is 18.6 Å². The van der Waals surface area contributed by atoms with E-state index in [9.17, 15) is 0 Å². The van der Waals surface area contributed by atoms with Gasteiger partial charge in [0.05, 0.1) is 12.3 Å². The van der Waals surface area contributed by atoms with Crippen LogP contribution in [0.25, 0.3) is 0 Å². The Hall–Kier alpha value is -1.05. The van der Waals surface area contributed by atoms with Crippen molar-refractivity contribution in [3.05, 3.63) is 24.0 Å². The van der Waals surface area contributed by atoms with E-state index in [1.54, 1.807) is 0 Å². The summed E-state index contributed by atoms with van der Waals surface area (Å²) in [6, 6.07) is 3.91. The van der Waals surface area contributed by atoms with Crippen molar-refractivity contribution in [3.8, 4) is 5.75 Å². The fourth-order valence-corrected chi connectivity index (χ4v) is 1.55. The second kappa shape index (κ2) is 2.47. The predicted molar refractivity (Wildman–Crippen MR) is 47.4 cm³/mol. The van der Waals surface area contributed by atoms with Crippen molar-refractivity contribution in [1.82, 2.24) is 4.98 Å². The lowest BCUT2D eigenvalue weighted by molar-refractivity contribution is 0.228. The first-order valence-electron chi connectivity index (χ1n) is 4.28. The normalized spacial score (nSPS) is 19.5. The van der Waals surface area contributed by atoms with Gasteiger partial charge in [0.1, 0.15) is 5.75 Å². The molecule has 0 spiro atoms. The first-order chi connectivity index (χ1) is 5.70. The van der Waals surface area contributed by atoms with Crippen LogP contribution in [-0.2, 0) is 5.41 Å². The third-order valence-corrected chi connectivity index (χ3v) is 2.40. The Kier molecular flexibility index (Phi) is 1.56. The Labute approximate surface area is 72.6 Å². The molecule has 0 bridgehead atoms. The first-order valence-corrected chi connectivity index (χ1v) is 4.28. The minimum absolute atomic E-state index is 0.175. The number of ether oxygens (including phenoxy) is 1. The van der Waals surface area contributed by atoms with Gasteiger partial charge in [-0.15, -0.1) is 0 Å². The molecular weight excluding hydrogens is 150 g/mol. The lowest BCUT2D eigenvalue weighted by Gasteiger charge is -2.30. The molecule has 0 unspecified atom stereocenters. The summed E-state index contributed by atoms with van der Waals surface area (Å²) in [5.41, 5.74) is 1.27. The summed E-state index contributed by atoms with van der Waals surface area (Å²) in [6.45, 7) is 5.23. The topological polar surface area (TPSA) is 22.1 Å². The summed E-state index contributed by atoms with van der Waals surface area (Å²) in [5.74, 6) is 0.953. The molecule has 0 aliphatic carbocycles. The fourth-order valence-electron chi connectivity index (χ4n) is 1.55. The van der Waals surface area contributed by atoms with Crippen molar-refractivity contribution in [2.24, 2.45) is 0 Å². The van der Waals surface area contributed by atoms with E-state index in [1.807, 2.05) is 18.3 Å². The lowest BCUT2D eigenvalue weighted by Crippen LogP contribution is -2.27. The number of hydrogen-bond acceptors (Lipinski definition) is 2. The van der Waals surface area contributed by atoms with Crippen LogP contribution in [0, 0.1) is 0 Å². The Morgan fingerprint density at radius 1 is 1.50 bits per heavy atom. The van der Waals surface area contributed by atoms with E-state index >= 15 is 0 Å². The monoisotopic (exact) mass is 163 g/mol. The van der Waals surface area contributed by atoms with Gasteiger partial charge in [-0.3, -0.25) is 4.98 Å². The van der Waals surface area contributed by atoms with Gasteiger partial charge < -0.3 is 4.74 Å². The fraction of sp³-hybridized carbons (Fsp3) is 0.500. The Morgan fingerprint density at radius 2 is 2.33 bits per heavy atom. The minimum atomic E-state index is 0.175. The number of aromatic nitrogens is 1. The van der Waals surface area contributed by atoms with Gasteiger partial charge in [0, 0.05) is 11.6 Å². The number of hydrogen-bond donors (Lipinski definition) is 0. The van der Waals surface area contributed by atoms with Gasteiger partial charge >= 0.3 is 0 Å². The van der Waals surface area contributed by atoms with Crippen molar-refractivity contribution in [2.45, 2.75) is 25.7 Å². The first kappa shape index (κ1) is 7.59. The molecule has 0 aromatic carbocycles. The molecule has 2 heterocycles. The van der Waals surface area contributed by atoms with Crippen molar-refractivity contribution in [2.75, 3.05) is 6.61 Å². The summed E-state index contributed by atoms with van der Waals surface area (Å²) < 4.78 is 5.50. The highest BCUT2D eigenvalue weighted by atomic mass is 16.5. The summed E-state index contributed by atoms with van der Waals surface area (Å²) in [4.78, 5) is 4.35. The maximum absolute atomic E-state index is 5.50. The van der Waals surface area contributed by atoms with Crippen LogP contribution in [0.3, 0.4) is 0 Å². The smallest absolute Gasteiger partial charge is 0.141 e. The molecule has 2 rings (SSSR count). The van der Waals surface area contributed by atoms with Crippen LogP contribution < -0.4 is 4.74 Å². The van der Waals surface area contributed by atoms with Crippen molar-refractivity contribution in [1.29, 1.82) is 0 Å². The summed E-state index contributed by atoms with van der Waals surface area (Å²) in [7, 11) is 0. The van der Waals surface area contributed by atoms with Crippen LogP contribution in [-0.4, -0.2) is 11.6 Å². The van der Waals surface area contributed by atoms with Crippen LogP contribution >= 0.6 is 0 Å². The molecule has 1 aromatic heterocycles. The van der Waals surface area contributed by atoms with Crippen molar-refractivity contribution >= 4 is 0 Å². The average molecular weight is 163 g/mol. The molecular formula is C10H13NO. The molecule has 0 saturated heterocycles. The second-order valence-corrected chi connectivity index (χ2v) is 3.83. The molecule has 0 radical (unpaired) electrons. The van der Waals surface area contributed by atoms with E-state index < -0.39 is 0 Å². The number of rotatable bonds is 0. The standard InChI is InChI=1S/C10H13NO/c1-10(2)5-7-12-8-4-3-6-11-9(8)10/h3-4,6H,5,7H2,1-2H3. The highest BCUT2D eigenvalue weighted by Gasteiger charge is 2.29. The van der Waals surface area contributed by atoms with E-state index in [2.05, 4.69) is 18.8 Å². The van der Waals surface area contributed by atoms with Gasteiger partial charge in [-0.1, -0.05) is 13.8 Å². The number of fused-ring (bicyclic) bond motifs is 1. The zero-order valence-electron chi connectivity index (χ0n) is 7.50. The molecule has 0 amide bonds. The van der Waals surface area contributed by atoms with Crippen LogP contribution in [0.5, 0.6) is 5.75 Å². The van der Waals surface area contributed by atoms with Crippen LogP contribution in [0.1, 0.15) is 26.0 Å². The molecule has 0 fully saturated rings. The Balaban J connectivity index is 2.52. The predicted octanol–water partition coefficient (Wildman–Crippen LogP) is 2.14. The van der Waals surface area contributed by atoms with Gasteiger partial charge in [0.2, 0.25) is 0 Å². The SMILES string of the molecule is CC1(C)CCOc2cccnc21. The van der Waals surface area contributed by atoms with Gasteiger partial charge in [-0.25, -0.2) is 0 Å². The van der Waals surface area contributed by atoms with Crippen molar-refractivity contribution < 1.29 is 4.74 Å². The number of nitrogens with zero attached hydrogens (tertiary/aromatic N) is 1. The lowest BCUT2D eigenvalue weighted by atomic mass is 9.83. The maximum atomic E-state index is 5.50. The van der Waals surface area contributed by atoms with Crippen LogP contribution in [0.4, 0.5) is 0 Å². The van der Waals surface area contributed by atoms with E-state index in [1.165, 1.54) is 0 Å². The maximum Gasteiger partial charge on any atom is 0.141 e. The Morgan fingerprint density at radius 3 is 3.08 bits per heavy atom. The van der Waals surface area contributed by atoms with E-state index in [0.717, 1.165) is 24.5 Å². The van der Waals surface area contributed by atoms with E-state index in [4.69, 9.17) is 4.74 Å². The van der Waals surface area contributed by atoms with Gasteiger partial charge in [-0.2, -0.15) is 0 Å². The number of pyridine rings is 1. The van der Waals surface area contributed by atoms with Crippen molar-refractivity contribution in [3.63, 3.8) is 0 Å². The Bertz CT molecular complexity index is 294. The molecule has 12 heavy (non-hydrogen) atoms. The molecule has 0 atom stereocenters. The zero-order chi connectivity index (χ0) is 8.60. The third kappa shape index (κ3) is 1.07. The second-order valence-electron chi connectivity index (χ2n) is 3.83. The quantitative estimate of drug-likeness (QED) is 0.584. The average Bonchev–Trinajstić information content (AvgIpc) is 2.04. The molecule has 2 heteroatoms. The van der Waals surface area contributed by atoms with Crippen LogP contribution in [0.2, 0.25) is 0 Å². The summed E-state index contributed by atoms with van der Waals surface area (Å²) in [6.07, 6.45) is 2.88. The minimum Gasteiger partial charge on any atom is -0.492 e. The third-order valence-electron chi connectivity index (χ3n) is 2.40. The molecule has 1 aliphatic rings. The van der Waals surface area contributed by atoms with Gasteiger partial charge in [0.25, 0.3) is 0 Å². The van der Waals surface area contributed by atoms with Crippen LogP contribution in [0.15, 0.2) is 18.3 Å². The highest BCUT2D eigenvalue weighted by Crippen LogP contribution is 2.35. The largest absolute Gasteiger partial charge is 0.492 e. The molecule has 2 nitrogen and oxygen atoms in total. The highest BCUT2D eigenvalue weighted by molar-refractivity contribution is 5.34. The molecule has 0 N–H and O–H groups in total. The molecule has 0 saturated carbocycles. The van der Waals surface area contributed by atoms with E-state index in [-0.39, 0.29) is 5.41 Å². The zero-order valence-corrected chi connectivity index (χ0v) is 7.50. The molecule has 64 valence electrons. The molecule has 1 aromatic rings. The summed E-state index contributed by atoms with van der Waals surface area (Å²) >= 11 is 0. The van der Waals surface area contributed by atoms with E-state index in [0.29, 0.717) is 0 Å². The molecule has 1 aliphatic heterocycles.